The maximum Gasteiger partial charge on any atom is 0.267 e. The molecule has 0 radical (unpaired) electrons. The number of ether oxygens (including phenoxy) is 1. The molecule has 0 atom stereocenters. The summed E-state index contributed by atoms with van der Waals surface area (Å²) >= 11 is 5.09. The zero-order chi connectivity index (χ0) is 22.1. The molecule has 2 aromatic heterocycles. The molecule has 0 aliphatic carbocycles. The first-order chi connectivity index (χ1) is 14.9. The summed E-state index contributed by atoms with van der Waals surface area (Å²) in [4.78, 5) is 46.9. The molecule has 2 aliphatic rings. The number of carbonyl (C=O) groups excluding carboxylic acids is 2. The van der Waals surface area contributed by atoms with Gasteiger partial charge in [0.1, 0.15) is 17.0 Å². The highest BCUT2D eigenvalue weighted by Gasteiger charge is 2.33. The molecule has 10 heteroatoms. The summed E-state index contributed by atoms with van der Waals surface area (Å²) in [6.45, 7) is 7.69. The van der Waals surface area contributed by atoms with Crippen LogP contribution in [-0.2, 0) is 14.3 Å². The van der Waals surface area contributed by atoms with E-state index in [1.165, 1.54) is 21.5 Å². The highest BCUT2D eigenvalue weighted by molar-refractivity contribution is 7.80. The van der Waals surface area contributed by atoms with Gasteiger partial charge in [0, 0.05) is 25.8 Å². The Kier molecular flexibility index (Phi) is 5.66. The van der Waals surface area contributed by atoms with Crippen molar-refractivity contribution in [2.75, 3.05) is 37.7 Å². The fraction of sp³-hybridized carbons (Fsp3) is 0.286. The van der Waals surface area contributed by atoms with E-state index in [9.17, 15) is 14.4 Å². The van der Waals surface area contributed by atoms with Gasteiger partial charge in [-0.15, -0.1) is 6.58 Å². The molecule has 0 aromatic carbocycles. The van der Waals surface area contributed by atoms with Gasteiger partial charge in [0.15, 0.2) is 5.11 Å². The Morgan fingerprint density at radius 2 is 2.03 bits per heavy atom. The maximum absolute atomic E-state index is 13.4. The lowest BCUT2D eigenvalue weighted by Gasteiger charge is -2.30. The van der Waals surface area contributed by atoms with Crippen molar-refractivity contribution in [1.29, 1.82) is 0 Å². The van der Waals surface area contributed by atoms with Crippen LogP contribution in [0, 0.1) is 6.92 Å². The molecule has 1 N–H and O–H groups in total. The third kappa shape index (κ3) is 3.75. The summed E-state index contributed by atoms with van der Waals surface area (Å²) < 4.78 is 6.84. The molecule has 9 nitrogen and oxygen atoms in total. The van der Waals surface area contributed by atoms with Crippen molar-refractivity contribution in [3.63, 3.8) is 0 Å². The second-order valence-corrected chi connectivity index (χ2v) is 7.55. The van der Waals surface area contributed by atoms with Crippen LogP contribution in [0.1, 0.15) is 11.1 Å². The van der Waals surface area contributed by atoms with Crippen LogP contribution in [0.15, 0.2) is 41.4 Å². The third-order valence-corrected chi connectivity index (χ3v) is 5.48. The van der Waals surface area contributed by atoms with Gasteiger partial charge in [0.05, 0.1) is 18.8 Å². The van der Waals surface area contributed by atoms with Crippen LogP contribution in [-0.4, -0.2) is 64.1 Å². The van der Waals surface area contributed by atoms with E-state index in [-0.39, 0.29) is 28.4 Å². The Bertz CT molecular complexity index is 1200. The van der Waals surface area contributed by atoms with Gasteiger partial charge in [0.2, 0.25) is 0 Å². The van der Waals surface area contributed by atoms with Crippen LogP contribution in [0.5, 0.6) is 0 Å². The quantitative estimate of drug-likeness (QED) is 0.323. The number of thiocarbonyl (C=S) groups is 1. The van der Waals surface area contributed by atoms with E-state index in [1.54, 1.807) is 12.3 Å². The number of hydrogen-bond donors (Lipinski definition) is 1. The Hall–Kier alpha value is -3.37. The minimum atomic E-state index is -0.656. The number of aromatic nitrogens is 2. The normalized spacial score (nSPS) is 18.6. The van der Waals surface area contributed by atoms with Gasteiger partial charge in [-0.05, 0) is 36.8 Å². The Morgan fingerprint density at radius 3 is 2.74 bits per heavy atom. The van der Waals surface area contributed by atoms with Crippen molar-refractivity contribution in [1.82, 2.24) is 19.6 Å². The fourth-order valence-corrected chi connectivity index (χ4v) is 3.83. The first-order valence-corrected chi connectivity index (χ1v) is 10.2. The van der Waals surface area contributed by atoms with Crippen LogP contribution in [0.25, 0.3) is 11.7 Å². The highest BCUT2D eigenvalue weighted by Crippen LogP contribution is 2.23. The zero-order valence-electron chi connectivity index (χ0n) is 17.0. The zero-order valence-corrected chi connectivity index (χ0v) is 17.8. The van der Waals surface area contributed by atoms with Gasteiger partial charge in [-0.25, -0.2) is 4.98 Å². The van der Waals surface area contributed by atoms with Crippen molar-refractivity contribution in [2.45, 2.75) is 6.92 Å². The third-order valence-electron chi connectivity index (χ3n) is 5.16. The smallest absolute Gasteiger partial charge is 0.267 e. The van der Waals surface area contributed by atoms with E-state index >= 15 is 0 Å². The topological polar surface area (TPSA) is 96.2 Å². The maximum atomic E-state index is 13.4. The van der Waals surface area contributed by atoms with Crippen LogP contribution in [0.2, 0.25) is 0 Å². The number of rotatable bonds is 4. The Balaban J connectivity index is 1.93. The van der Waals surface area contributed by atoms with Crippen molar-refractivity contribution in [3.8, 4) is 0 Å². The first kappa shape index (κ1) is 20.9. The standard InChI is InChI=1S/C21H21N5O4S/c1-3-6-26-20(29)15(18(27)23-21(26)31)12-14-17(24-8-10-30-11-9-24)22-16-13(2)5-4-7-25(16)19(14)28/h3-5,7,12H,1,6,8-11H2,2H3,(H,23,27,31)/b15-12+. The Morgan fingerprint density at radius 1 is 1.29 bits per heavy atom. The molecule has 2 aromatic rings. The molecule has 4 heterocycles. The number of pyridine rings is 1. The number of hydrogen-bond acceptors (Lipinski definition) is 7. The predicted octanol–water partition coefficient (Wildman–Crippen LogP) is 0.652. The van der Waals surface area contributed by atoms with Crippen molar-refractivity contribution in [3.05, 3.63) is 58.0 Å². The molecule has 4 rings (SSSR count). The number of nitrogens with zero attached hydrogens (tertiary/aromatic N) is 4. The number of amides is 2. The molecule has 2 saturated heterocycles. The number of anilines is 1. The summed E-state index contributed by atoms with van der Waals surface area (Å²) in [7, 11) is 0. The summed E-state index contributed by atoms with van der Waals surface area (Å²) in [5, 5.41) is 2.50. The van der Waals surface area contributed by atoms with Crippen molar-refractivity contribution in [2.24, 2.45) is 0 Å². The van der Waals surface area contributed by atoms with Crippen molar-refractivity contribution < 1.29 is 14.3 Å². The van der Waals surface area contributed by atoms with E-state index in [2.05, 4.69) is 11.9 Å². The molecule has 0 bridgehead atoms. The summed E-state index contributed by atoms with van der Waals surface area (Å²) in [5.41, 5.74) is 0.963. The summed E-state index contributed by atoms with van der Waals surface area (Å²) in [6.07, 6.45) is 4.43. The average molecular weight is 439 g/mol. The SMILES string of the molecule is C=CCN1C(=O)/C(=C/c2c(N3CCOCC3)nc3c(C)cccn3c2=O)C(=O)NC1=S. The molecule has 31 heavy (non-hydrogen) atoms. The van der Waals surface area contributed by atoms with Gasteiger partial charge in [-0.3, -0.25) is 29.0 Å². The minimum absolute atomic E-state index is 0.00411. The number of nitrogens with one attached hydrogen (secondary N) is 1. The van der Waals surface area contributed by atoms with Crippen LogP contribution >= 0.6 is 12.2 Å². The minimum Gasteiger partial charge on any atom is -0.378 e. The van der Waals surface area contributed by atoms with E-state index < -0.39 is 11.8 Å². The van der Waals surface area contributed by atoms with E-state index in [1.807, 2.05) is 17.9 Å². The molecule has 2 aliphatic heterocycles. The van der Waals surface area contributed by atoms with Crippen LogP contribution < -0.4 is 15.8 Å². The Labute approximate surface area is 183 Å². The van der Waals surface area contributed by atoms with Crippen molar-refractivity contribution >= 4 is 46.7 Å². The lowest BCUT2D eigenvalue weighted by atomic mass is 10.1. The van der Waals surface area contributed by atoms with Gasteiger partial charge in [0.25, 0.3) is 17.4 Å². The van der Waals surface area contributed by atoms with Gasteiger partial charge < -0.3 is 9.64 Å². The second-order valence-electron chi connectivity index (χ2n) is 7.16. The number of fused-ring (bicyclic) bond motifs is 1. The summed E-state index contributed by atoms with van der Waals surface area (Å²) in [5.74, 6) is -0.827. The molecule has 0 spiro atoms. The lowest BCUT2D eigenvalue weighted by Crippen LogP contribution is -2.54. The number of aryl methyl sites for hydroxylation is 1. The molecule has 0 saturated carbocycles. The monoisotopic (exact) mass is 439 g/mol. The molecular formula is C21H21N5O4S. The van der Waals surface area contributed by atoms with Crippen LogP contribution in [0.4, 0.5) is 5.82 Å². The largest absolute Gasteiger partial charge is 0.378 e. The van der Waals surface area contributed by atoms with Gasteiger partial charge in [-0.2, -0.15) is 0 Å². The predicted molar refractivity (Wildman–Crippen MR) is 120 cm³/mol. The number of morpholine rings is 1. The number of carbonyl (C=O) groups is 2. The summed E-state index contributed by atoms with van der Waals surface area (Å²) in [6, 6.07) is 3.62. The molecule has 160 valence electrons. The highest BCUT2D eigenvalue weighted by atomic mass is 32.1. The van der Waals surface area contributed by atoms with E-state index in [4.69, 9.17) is 21.9 Å². The van der Waals surface area contributed by atoms with Crippen LogP contribution in [0.3, 0.4) is 0 Å². The molecular weight excluding hydrogens is 418 g/mol. The molecule has 2 fully saturated rings. The van der Waals surface area contributed by atoms with E-state index in [0.717, 1.165) is 5.56 Å². The molecule has 0 unspecified atom stereocenters. The average Bonchev–Trinajstić information content (AvgIpc) is 2.76. The first-order valence-electron chi connectivity index (χ1n) is 9.77. The lowest BCUT2D eigenvalue weighted by molar-refractivity contribution is -0.128. The van der Waals surface area contributed by atoms with Gasteiger partial charge in [-0.1, -0.05) is 12.1 Å². The van der Waals surface area contributed by atoms with Gasteiger partial charge >= 0.3 is 0 Å². The van der Waals surface area contributed by atoms with E-state index in [0.29, 0.717) is 37.8 Å². The fourth-order valence-electron chi connectivity index (χ4n) is 3.58. The second kappa shape index (κ2) is 8.40. The molecule has 2 amide bonds.